The highest BCUT2D eigenvalue weighted by molar-refractivity contribution is 6.10. The van der Waals surface area contributed by atoms with Crippen molar-refractivity contribution in [3.8, 4) is 0 Å². The second-order valence-corrected chi connectivity index (χ2v) is 2.79. The number of hydrogen-bond acceptors (Lipinski definition) is 2. The maximum atomic E-state index is 6.84. The number of aliphatic imine (C=N–C) groups is 2. The van der Waals surface area contributed by atoms with E-state index >= 15 is 0 Å². The van der Waals surface area contributed by atoms with Crippen molar-refractivity contribution in [2.24, 2.45) is 9.98 Å². The molecular weight excluding hydrogens is 152 g/mol. The van der Waals surface area contributed by atoms with E-state index in [9.17, 15) is 0 Å². The minimum Gasteiger partial charge on any atom is -0.332 e. The van der Waals surface area contributed by atoms with Gasteiger partial charge in [-0.25, -0.2) is 9.98 Å². The first-order valence-corrected chi connectivity index (χ1v) is 3.68. The largest absolute Gasteiger partial charge is 0.332 e. The minimum atomic E-state index is 0.618. The summed E-state index contributed by atoms with van der Waals surface area (Å²) in [5.41, 5.74) is 2.13. The van der Waals surface area contributed by atoms with E-state index in [0.717, 1.165) is 17.6 Å². The Labute approximate surface area is 71.8 Å². The Bertz CT molecular complexity index is 281. The van der Waals surface area contributed by atoms with E-state index in [1.807, 2.05) is 25.8 Å². The lowest BCUT2D eigenvalue weighted by Gasteiger charge is -2.10. The van der Waals surface area contributed by atoms with Crippen molar-refractivity contribution >= 4 is 18.5 Å². The molecule has 0 saturated carbocycles. The van der Waals surface area contributed by atoms with Crippen LogP contribution in [0.3, 0.4) is 0 Å². The lowest BCUT2D eigenvalue weighted by Crippen LogP contribution is -2.14. The number of hydrogen-bond donors (Lipinski definition) is 1. The lowest BCUT2D eigenvalue weighted by atomic mass is 10.2. The molecule has 0 fully saturated rings. The quantitative estimate of drug-likeness (QED) is 0.460. The molecule has 4 nitrogen and oxygen atoms in total. The molecular formula is C8H12N4. The van der Waals surface area contributed by atoms with Crippen molar-refractivity contribution < 1.29 is 0 Å². The number of likely N-dealkylation sites (N-methyl/N-ethyl adjacent to an activating group) is 1. The van der Waals surface area contributed by atoms with Crippen LogP contribution in [0.4, 0.5) is 0 Å². The number of rotatable bonds is 1. The third kappa shape index (κ3) is 1.42. The van der Waals surface area contributed by atoms with Gasteiger partial charge in [-0.15, -0.1) is 0 Å². The molecule has 0 saturated heterocycles. The van der Waals surface area contributed by atoms with E-state index in [1.165, 1.54) is 0 Å². The van der Waals surface area contributed by atoms with Gasteiger partial charge < -0.3 is 4.90 Å². The summed E-state index contributed by atoms with van der Waals surface area (Å²) in [7, 11) is 1.91. The molecule has 1 aliphatic rings. The maximum Gasteiger partial charge on any atom is 0.178 e. The van der Waals surface area contributed by atoms with Crippen molar-refractivity contribution in [1.82, 2.24) is 4.90 Å². The van der Waals surface area contributed by atoms with Gasteiger partial charge in [0.05, 0.1) is 12.0 Å². The molecule has 1 heterocycles. The maximum absolute atomic E-state index is 6.84. The molecule has 0 aromatic rings. The molecule has 0 atom stereocenters. The summed E-state index contributed by atoms with van der Waals surface area (Å²) in [6.45, 7) is 4.00. The predicted molar refractivity (Wildman–Crippen MR) is 50.8 cm³/mol. The zero-order valence-corrected chi connectivity index (χ0v) is 7.50. The van der Waals surface area contributed by atoms with Gasteiger partial charge in [-0.1, -0.05) is 0 Å². The van der Waals surface area contributed by atoms with Crippen LogP contribution in [-0.2, 0) is 0 Å². The third-order valence-electron chi connectivity index (χ3n) is 1.58. The van der Waals surface area contributed by atoms with Gasteiger partial charge in [-0.05, 0) is 19.4 Å². The van der Waals surface area contributed by atoms with Gasteiger partial charge >= 0.3 is 0 Å². The van der Waals surface area contributed by atoms with E-state index in [4.69, 9.17) is 5.41 Å². The van der Waals surface area contributed by atoms with Gasteiger partial charge in [-0.2, -0.15) is 0 Å². The highest BCUT2D eigenvalue weighted by Crippen LogP contribution is 2.14. The van der Waals surface area contributed by atoms with Crippen molar-refractivity contribution in [2.45, 2.75) is 13.8 Å². The molecule has 64 valence electrons. The standard InChI is InChI=1S/C8H12N4/c1-6(2)7-8(10-4-9)11-5-12(7)3/h4-5,9H,1-3H3. The van der Waals surface area contributed by atoms with Crippen LogP contribution in [0.5, 0.6) is 0 Å². The van der Waals surface area contributed by atoms with Crippen molar-refractivity contribution in [2.75, 3.05) is 7.05 Å². The minimum absolute atomic E-state index is 0.618. The Morgan fingerprint density at radius 2 is 2.33 bits per heavy atom. The third-order valence-corrected chi connectivity index (χ3v) is 1.58. The summed E-state index contributed by atoms with van der Waals surface area (Å²) in [6.07, 6.45) is 2.71. The topological polar surface area (TPSA) is 51.8 Å². The van der Waals surface area contributed by atoms with Gasteiger partial charge in [-0.3, -0.25) is 5.41 Å². The summed E-state index contributed by atoms with van der Waals surface area (Å²) >= 11 is 0. The van der Waals surface area contributed by atoms with Crippen molar-refractivity contribution in [3.63, 3.8) is 0 Å². The number of amidine groups is 1. The van der Waals surface area contributed by atoms with Crippen LogP contribution >= 0.6 is 0 Å². The molecule has 0 spiro atoms. The fourth-order valence-electron chi connectivity index (χ4n) is 1.15. The summed E-state index contributed by atoms with van der Waals surface area (Å²) in [5, 5.41) is 6.84. The molecule has 4 heteroatoms. The van der Waals surface area contributed by atoms with Crippen LogP contribution in [0.15, 0.2) is 21.3 Å². The molecule has 0 amide bonds. The molecule has 0 aromatic carbocycles. The van der Waals surface area contributed by atoms with E-state index < -0.39 is 0 Å². The number of allylic oxidation sites excluding steroid dienone is 1. The number of nitrogens with zero attached hydrogens (tertiary/aromatic N) is 3. The molecule has 1 N–H and O–H groups in total. The van der Waals surface area contributed by atoms with Crippen LogP contribution in [-0.4, -0.2) is 30.5 Å². The number of nitrogens with one attached hydrogen (secondary N) is 1. The average molecular weight is 164 g/mol. The van der Waals surface area contributed by atoms with Gasteiger partial charge in [0.15, 0.2) is 5.84 Å². The van der Waals surface area contributed by atoms with Gasteiger partial charge in [0, 0.05) is 7.05 Å². The van der Waals surface area contributed by atoms with Crippen LogP contribution in [0.25, 0.3) is 0 Å². The Kier molecular flexibility index (Phi) is 2.38. The monoisotopic (exact) mass is 164 g/mol. The van der Waals surface area contributed by atoms with Crippen molar-refractivity contribution in [1.29, 1.82) is 5.41 Å². The smallest absolute Gasteiger partial charge is 0.178 e. The highest BCUT2D eigenvalue weighted by Gasteiger charge is 2.16. The molecule has 0 aromatic heterocycles. The van der Waals surface area contributed by atoms with E-state index in [2.05, 4.69) is 9.98 Å². The van der Waals surface area contributed by atoms with Crippen LogP contribution in [0.1, 0.15) is 13.8 Å². The average Bonchev–Trinajstić information content (AvgIpc) is 2.32. The molecule has 0 unspecified atom stereocenters. The molecule has 0 radical (unpaired) electrons. The Morgan fingerprint density at radius 3 is 2.83 bits per heavy atom. The van der Waals surface area contributed by atoms with E-state index in [1.54, 1.807) is 6.34 Å². The normalized spacial score (nSPS) is 19.1. The zero-order chi connectivity index (χ0) is 9.14. The van der Waals surface area contributed by atoms with Gasteiger partial charge in [0.2, 0.25) is 0 Å². The predicted octanol–water partition coefficient (Wildman–Crippen LogP) is 1.26. The summed E-state index contributed by atoms with van der Waals surface area (Å²) in [4.78, 5) is 9.79. The second kappa shape index (κ2) is 3.30. The van der Waals surface area contributed by atoms with Gasteiger partial charge in [0.25, 0.3) is 0 Å². The van der Waals surface area contributed by atoms with Crippen molar-refractivity contribution in [3.05, 3.63) is 11.3 Å². The first kappa shape index (κ1) is 8.64. The Hall–Kier alpha value is -1.45. The molecule has 1 aliphatic heterocycles. The Balaban J connectivity index is 3.08. The summed E-state index contributed by atoms with van der Waals surface area (Å²) < 4.78 is 0. The molecule has 0 aliphatic carbocycles. The first-order chi connectivity index (χ1) is 5.66. The fraction of sp³-hybridized carbons (Fsp3) is 0.375. The van der Waals surface area contributed by atoms with Crippen LogP contribution < -0.4 is 0 Å². The zero-order valence-electron chi connectivity index (χ0n) is 7.50. The summed E-state index contributed by atoms with van der Waals surface area (Å²) in [6, 6.07) is 0. The van der Waals surface area contributed by atoms with E-state index in [-0.39, 0.29) is 0 Å². The first-order valence-electron chi connectivity index (χ1n) is 3.68. The molecule has 1 rings (SSSR count). The second-order valence-electron chi connectivity index (χ2n) is 2.79. The van der Waals surface area contributed by atoms with E-state index in [0.29, 0.717) is 5.84 Å². The van der Waals surface area contributed by atoms with Crippen LogP contribution in [0, 0.1) is 5.41 Å². The van der Waals surface area contributed by atoms with Gasteiger partial charge in [0.1, 0.15) is 6.34 Å². The summed E-state index contributed by atoms with van der Waals surface area (Å²) in [5.74, 6) is 0.618. The fourth-order valence-corrected chi connectivity index (χ4v) is 1.15. The molecule has 12 heavy (non-hydrogen) atoms. The SMILES string of the molecule is CC(C)=C1C(=NC=N)N=CN1C. The lowest BCUT2D eigenvalue weighted by molar-refractivity contribution is 0.686. The van der Waals surface area contributed by atoms with Crippen LogP contribution in [0.2, 0.25) is 0 Å². The Morgan fingerprint density at radius 1 is 1.67 bits per heavy atom. The molecule has 0 bridgehead atoms. The highest BCUT2D eigenvalue weighted by atomic mass is 15.2.